The summed E-state index contributed by atoms with van der Waals surface area (Å²) in [5.74, 6) is 1.10. The Morgan fingerprint density at radius 1 is 1.47 bits per heavy atom. The Labute approximate surface area is 90.7 Å². The molecular formula is C13H18O2. The zero-order valence-corrected chi connectivity index (χ0v) is 9.51. The minimum atomic E-state index is -0.254. The molecule has 3 atom stereocenters. The minimum absolute atomic E-state index is 0.0387. The molecule has 2 nitrogen and oxygen atoms in total. The van der Waals surface area contributed by atoms with E-state index in [-0.39, 0.29) is 17.0 Å². The van der Waals surface area contributed by atoms with Crippen molar-refractivity contribution in [1.29, 1.82) is 0 Å². The number of carbonyl (C=O) groups excluding carboxylic acids is 1. The van der Waals surface area contributed by atoms with Gasteiger partial charge in [-0.2, -0.15) is 0 Å². The molecule has 2 bridgehead atoms. The van der Waals surface area contributed by atoms with Crippen molar-refractivity contribution in [3.63, 3.8) is 0 Å². The van der Waals surface area contributed by atoms with Crippen molar-refractivity contribution in [3.8, 4) is 0 Å². The average molecular weight is 206 g/mol. The summed E-state index contributed by atoms with van der Waals surface area (Å²) in [5, 5.41) is 0. The number of hydrogen-bond donors (Lipinski definition) is 0. The highest BCUT2D eigenvalue weighted by molar-refractivity contribution is 5.81. The van der Waals surface area contributed by atoms with Gasteiger partial charge in [-0.05, 0) is 45.4 Å². The molecule has 0 aromatic rings. The van der Waals surface area contributed by atoms with Gasteiger partial charge in [-0.15, -0.1) is 0 Å². The fraction of sp³-hybridized carbons (Fsp3) is 0.769. The summed E-state index contributed by atoms with van der Waals surface area (Å²) in [6, 6.07) is 0. The third kappa shape index (κ3) is 0.977. The van der Waals surface area contributed by atoms with E-state index in [1.807, 2.05) is 0 Å². The number of carbonyl (C=O) groups is 1. The van der Waals surface area contributed by atoms with E-state index in [2.05, 4.69) is 20.4 Å². The topological polar surface area (TPSA) is 26.3 Å². The fourth-order valence-electron chi connectivity index (χ4n) is 4.04. The van der Waals surface area contributed by atoms with Crippen molar-refractivity contribution >= 4 is 5.97 Å². The second-order valence-corrected chi connectivity index (χ2v) is 6.01. The van der Waals surface area contributed by atoms with Crippen molar-refractivity contribution in [1.82, 2.24) is 0 Å². The highest BCUT2D eigenvalue weighted by Crippen LogP contribution is 2.63. The van der Waals surface area contributed by atoms with Gasteiger partial charge in [0.25, 0.3) is 0 Å². The molecule has 1 aliphatic heterocycles. The van der Waals surface area contributed by atoms with Crippen LogP contribution in [0.4, 0.5) is 0 Å². The minimum Gasteiger partial charge on any atom is -0.459 e. The smallest absolute Gasteiger partial charge is 0.313 e. The number of allylic oxidation sites excluding steroid dienone is 1. The van der Waals surface area contributed by atoms with Crippen LogP contribution in [0.25, 0.3) is 0 Å². The predicted octanol–water partition coefficient (Wildman–Crippen LogP) is 2.68. The first-order valence-corrected chi connectivity index (χ1v) is 5.87. The Hall–Kier alpha value is -0.790. The fourth-order valence-corrected chi connectivity index (χ4v) is 4.04. The van der Waals surface area contributed by atoms with Crippen LogP contribution in [0.2, 0.25) is 0 Å². The molecule has 1 spiro atoms. The zero-order valence-electron chi connectivity index (χ0n) is 9.51. The number of rotatable bonds is 0. The number of hydrogen-bond acceptors (Lipinski definition) is 2. The van der Waals surface area contributed by atoms with Crippen molar-refractivity contribution < 1.29 is 9.53 Å². The van der Waals surface area contributed by atoms with Crippen LogP contribution in [0, 0.1) is 17.3 Å². The quantitative estimate of drug-likeness (QED) is 0.450. The summed E-state index contributed by atoms with van der Waals surface area (Å²) in [7, 11) is 0. The molecule has 3 saturated carbocycles. The first-order chi connectivity index (χ1) is 6.96. The largest absolute Gasteiger partial charge is 0.459 e. The summed E-state index contributed by atoms with van der Waals surface area (Å²) >= 11 is 0. The molecule has 4 fully saturated rings. The van der Waals surface area contributed by atoms with E-state index in [0.29, 0.717) is 11.8 Å². The van der Waals surface area contributed by atoms with Crippen molar-refractivity contribution in [3.05, 3.63) is 12.2 Å². The van der Waals surface area contributed by atoms with Crippen LogP contribution in [0.5, 0.6) is 0 Å². The van der Waals surface area contributed by atoms with Gasteiger partial charge in [0.05, 0.1) is 5.41 Å². The maximum atomic E-state index is 12.1. The van der Waals surface area contributed by atoms with Crippen LogP contribution in [0.15, 0.2) is 12.2 Å². The molecule has 0 N–H and O–H groups in total. The Bertz CT molecular complexity index is 356. The lowest BCUT2D eigenvalue weighted by atomic mass is 9.52. The summed E-state index contributed by atoms with van der Waals surface area (Å²) in [5.41, 5.74) is 0.832. The number of ether oxygens (including phenoxy) is 1. The lowest BCUT2D eigenvalue weighted by molar-refractivity contribution is -0.153. The first-order valence-electron chi connectivity index (χ1n) is 5.87. The molecule has 0 radical (unpaired) electrons. The second-order valence-electron chi connectivity index (χ2n) is 6.01. The van der Waals surface area contributed by atoms with Gasteiger partial charge in [0.1, 0.15) is 5.60 Å². The van der Waals surface area contributed by atoms with Gasteiger partial charge in [0, 0.05) is 5.92 Å². The summed E-state index contributed by atoms with van der Waals surface area (Å²) in [4.78, 5) is 12.1. The summed E-state index contributed by atoms with van der Waals surface area (Å²) in [6.45, 7) is 8.25. The average Bonchev–Trinajstić information content (AvgIpc) is 2.35. The molecule has 0 aromatic carbocycles. The maximum absolute atomic E-state index is 12.1. The third-order valence-electron chi connectivity index (χ3n) is 4.85. The molecule has 1 heterocycles. The van der Waals surface area contributed by atoms with E-state index in [4.69, 9.17) is 4.74 Å². The van der Waals surface area contributed by atoms with Gasteiger partial charge in [-0.1, -0.05) is 12.2 Å². The van der Waals surface area contributed by atoms with Gasteiger partial charge in [-0.3, -0.25) is 4.79 Å². The van der Waals surface area contributed by atoms with Crippen LogP contribution in [-0.2, 0) is 9.53 Å². The van der Waals surface area contributed by atoms with Crippen LogP contribution in [0.1, 0.15) is 39.5 Å². The molecular weight excluding hydrogens is 188 g/mol. The second kappa shape index (κ2) is 2.47. The van der Waals surface area contributed by atoms with E-state index < -0.39 is 0 Å². The number of esters is 1. The SMILES string of the molecule is C=C1C[C@]23CC[C@H]1C[C@H]2C(C)(C)OC3=O. The van der Waals surface area contributed by atoms with Crippen molar-refractivity contribution in [2.24, 2.45) is 17.3 Å². The third-order valence-corrected chi connectivity index (χ3v) is 4.85. The van der Waals surface area contributed by atoms with Crippen LogP contribution in [-0.4, -0.2) is 11.6 Å². The van der Waals surface area contributed by atoms with E-state index >= 15 is 0 Å². The lowest BCUT2D eigenvalue weighted by Gasteiger charge is -2.49. The molecule has 0 amide bonds. The van der Waals surface area contributed by atoms with Crippen molar-refractivity contribution in [2.45, 2.75) is 45.1 Å². The molecule has 4 rings (SSSR count). The highest BCUT2D eigenvalue weighted by Gasteiger charge is 2.65. The molecule has 4 aliphatic rings. The highest BCUT2D eigenvalue weighted by atomic mass is 16.6. The summed E-state index contributed by atoms with van der Waals surface area (Å²) < 4.78 is 5.58. The molecule has 2 heteroatoms. The molecule has 82 valence electrons. The van der Waals surface area contributed by atoms with E-state index in [0.717, 1.165) is 25.7 Å². The normalized spacial score (nSPS) is 46.5. The molecule has 15 heavy (non-hydrogen) atoms. The van der Waals surface area contributed by atoms with Gasteiger partial charge < -0.3 is 4.74 Å². The number of fused-ring (bicyclic) bond motifs is 2. The molecule has 0 aromatic heterocycles. The first kappa shape index (κ1) is 9.44. The Morgan fingerprint density at radius 3 is 2.87 bits per heavy atom. The maximum Gasteiger partial charge on any atom is 0.313 e. The van der Waals surface area contributed by atoms with Gasteiger partial charge in [0.2, 0.25) is 0 Å². The Kier molecular flexibility index (Phi) is 1.56. The van der Waals surface area contributed by atoms with E-state index in [1.165, 1.54) is 5.57 Å². The standard InChI is InChI=1S/C13H18O2/c1-8-7-13-5-4-9(8)6-10(13)12(2,3)15-11(13)14/h9-10H,1,4-7H2,2-3H3/t9-,10-,13+/m0/s1. The monoisotopic (exact) mass is 206 g/mol. The Balaban J connectivity index is 2.08. The van der Waals surface area contributed by atoms with E-state index in [9.17, 15) is 4.79 Å². The van der Waals surface area contributed by atoms with Gasteiger partial charge in [-0.25, -0.2) is 0 Å². The van der Waals surface area contributed by atoms with Crippen LogP contribution in [0.3, 0.4) is 0 Å². The van der Waals surface area contributed by atoms with E-state index in [1.54, 1.807) is 0 Å². The summed E-state index contributed by atoms with van der Waals surface area (Å²) in [6.07, 6.45) is 4.15. The Morgan fingerprint density at radius 2 is 2.20 bits per heavy atom. The van der Waals surface area contributed by atoms with Crippen LogP contribution < -0.4 is 0 Å². The predicted molar refractivity (Wildman–Crippen MR) is 57.2 cm³/mol. The molecule has 3 aliphatic carbocycles. The van der Waals surface area contributed by atoms with Gasteiger partial charge >= 0.3 is 5.97 Å². The number of cyclic esters (lactones) is 1. The van der Waals surface area contributed by atoms with Crippen LogP contribution >= 0.6 is 0 Å². The van der Waals surface area contributed by atoms with Crippen molar-refractivity contribution in [2.75, 3.05) is 0 Å². The van der Waals surface area contributed by atoms with Gasteiger partial charge in [0.15, 0.2) is 0 Å². The molecule has 0 unspecified atom stereocenters. The lowest BCUT2D eigenvalue weighted by Crippen LogP contribution is -2.47. The molecule has 1 saturated heterocycles. The zero-order chi connectivity index (χ0) is 10.8.